The molecule has 0 radical (unpaired) electrons. The van der Waals surface area contributed by atoms with Gasteiger partial charge in [0.05, 0.1) is 12.9 Å². The quantitative estimate of drug-likeness (QED) is 0.127. The van der Waals surface area contributed by atoms with Gasteiger partial charge in [0.1, 0.15) is 16.3 Å². The summed E-state index contributed by atoms with van der Waals surface area (Å²) in [5, 5.41) is 14.4. The lowest BCUT2D eigenvalue weighted by atomic mass is 10.0. The lowest BCUT2D eigenvalue weighted by Crippen LogP contribution is -2.17. The number of anilines is 1. The number of ether oxygens (including phenoxy) is 2. The molecule has 4 aromatic rings. The summed E-state index contributed by atoms with van der Waals surface area (Å²) >= 11 is 2.53. The molecule has 8 nitrogen and oxygen atoms in total. The van der Waals surface area contributed by atoms with E-state index in [-0.39, 0.29) is 17.8 Å². The number of nitrogens with one attached hydrogen (secondary N) is 1. The molecule has 10 heteroatoms. The van der Waals surface area contributed by atoms with Crippen LogP contribution < -0.4 is 10.1 Å². The molecular formula is C29H30N4O4S2. The van der Waals surface area contributed by atoms with Gasteiger partial charge in [-0.25, -0.2) is 4.79 Å². The number of benzene rings is 2. The molecule has 4 rings (SSSR count). The zero-order valence-electron chi connectivity index (χ0n) is 22.3. The number of para-hydroxylation sites is 1. The predicted octanol–water partition coefficient (Wildman–Crippen LogP) is 6.47. The van der Waals surface area contributed by atoms with Crippen molar-refractivity contribution in [3.8, 4) is 16.9 Å². The number of hydrogen-bond donors (Lipinski definition) is 1. The Morgan fingerprint density at radius 2 is 1.90 bits per heavy atom. The fourth-order valence-electron chi connectivity index (χ4n) is 3.93. The van der Waals surface area contributed by atoms with Crippen molar-refractivity contribution < 1.29 is 19.1 Å². The van der Waals surface area contributed by atoms with Crippen molar-refractivity contribution in [3.05, 3.63) is 89.1 Å². The Morgan fingerprint density at radius 3 is 2.59 bits per heavy atom. The van der Waals surface area contributed by atoms with Crippen molar-refractivity contribution in [2.45, 2.75) is 38.6 Å². The Hall–Kier alpha value is -3.89. The van der Waals surface area contributed by atoms with Gasteiger partial charge in [0.25, 0.3) is 0 Å². The molecule has 2 heterocycles. The summed E-state index contributed by atoms with van der Waals surface area (Å²) in [5.41, 5.74) is 4.06. The van der Waals surface area contributed by atoms with Crippen molar-refractivity contribution >= 4 is 40.0 Å². The second-order valence-electron chi connectivity index (χ2n) is 8.81. The highest BCUT2D eigenvalue weighted by Crippen LogP contribution is 2.36. The van der Waals surface area contributed by atoms with Crippen LogP contribution >= 0.6 is 23.1 Å². The van der Waals surface area contributed by atoms with Crippen LogP contribution in [-0.2, 0) is 16.1 Å². The van der Waals surface area contributed by atoms with Crippen LogP contribution in [0.25, 0.3) is 11.1 Å². The number of aromatic nitrogens is 3. The van der Waals surface area contributed by atoms with Gasteiger partial charge in [-0.05, 0) is 38.0 Å². The molecule has 1 unspecified atom stereocenters. The maximum atomic E-state index is 12.9. The molecule has 39 heavy (non-hydrogen) atoms. The van der Waals surface area contributed by atoms with E-state index in [1.165, 1.54) is 30.2 Å². The molecule has 202 valence electrons. The fraction of sp³-hybridized carbons (Fsp3) is 0.241. The van der Waals surface area contributed by atoms with Gasteiger partial charge in [0, 0.05) is 17.5 Å². The fourth-order valence-corrected chi connectivity index (χ4v) is 5.66. The van der Waals surface area contributed by atoms with Crippen LogP contribution in [0.15, 0.2) is 71.7 Å². The number of thiophene rings is 1. The minimum Gasteiger partial charge on any atom is -0.482 e. The number of hydrogen-bond acceptors (Lipinski definition) is 8. The Kier molecular flexibility index (Phi) is 9.21. The van der Waals surface area contributed by atoms with Crippen molar-refractivity contribution in [2.24, 2.45) is 0 Å². The van der Waals surface area contributed by atoms with E-state index in [2.05, 4.69) is 22.1 Å². The normalized spacial score (nSPS) is 11.6. The molecule has 2 aromatic carbocycles. The average molecular weight is 563 g/mol. The van der Waals surface area contributed by atoms with Crippen LogP contribution in [-0.4, -0.2) is 39.5 Å². The number of carbonyl (C=O) groups excluding carboxylic acids is 2. The van der Waals surface area contributed by atoms with E-state index in [0.29, 0.717) is 33.7 Å². The molecule has 0 spiro atoms. The number of esters is 1. The first kappa shape index (κ1) is 28.1. The van der Waals surface area contributed by atoms with E-state index in [1.807, 2.05) is 79.2 Å². The number of rotatable bonds is 11. The molecule has 0 aliphatic carbocycles. The largest absolute Gasteiger partial charge is 0.482 e. The number of carbonyl (C=O) groups is 2. The predicted molar refractivity (Wildman–Crippen MR) is 156 cm³/mol. The van der Waals surface area contributed by atoms with E-state index in [1.54, 1.807) is 6.08 Å². The molecule has 0 saturated heterocycles. The lowest BCUT2D eigenvalue weighted by Gasteiger charge is -2.17. The van der Waals surface area contributed by atoms with Crippen LogP contribution in [0.4, 0.5) is 5.00 Å². The third-order valence-corrected chi connectivity index (χ3v) is 7.81. The average Bonchev–Trinajstić information content (AvgIpc) is 3.53. The van der Waals surface area contributed by atoms with E-state index < -0.39 is 5.97 Å². The molecule has 1 amide bonds. The molecule has 0 aliphatic heterocycles. The SMILES string of the molecule is C=CCn1c(SCC(=O)Nc2scc(-c3ccc(C)cc3)c2C(=O)OC)nnc1C(C)Oc1ccccc1C. The van der Waals surface area contributed by atoms with Crippen molar-refractivity contribution in [1.82, 2.24) is 14.8 Å². The summed E-state index contributed by atoms with van der Waals surface area (Å²) in [4.78, 5) is 25.6. The first-order valence-electron chi connectivity index (χ1n) is 12.3. The van der Waals surface area contributed by atoms with Crippen LogP contribution in [0.5, 0.6) is 5.75 Å². The minimum absolute atomic E-state index is 0.0701. The van der Waals surface area contributed by atoms with Gasteiger partial charge >= 0.3 is 5.97 Å². The van der Waals surface area contributed by atoms with E-state index in [4.69, 9.17) is 9.47 Å². The number of nitrogens with zero attached hydrogens (tertiary/aromatic N) is 3. The third kappa shape index (κ3) is 6.58. The number of amides is 1. The summed E-state index contributed by atoms with van der Waals surface area (Å²) in [6.45, 7) is 10.2. The summed E-state index contributed by atoms with van der Waals surface area (Å²) in [6, 6.07) is 15.6. The van der Waals surface area contributed by atoms with Crippen molar-refractivity contribution in [1.29, 1.82) is 0 Å². The number of aryl methyl sites for hydroxylation is 2. The van der Waals surface area contributed by atoms with Gasteiger partial charge in [-0.15, -0.1) is 28.1 Å². The number of thioether (sulfide) groups is 1. The number of methoxy groups -OCH3 is 1. The first-order valence-corrected chi connectivity index (χ1v) is 14.1. The highest BCUT2D eigenvalue weighted by Gasteiger charge is 2.24. The molecule has 1 N–H and O–H groups in total. The zero-order chi connectivity index (χ0) is 27.9. The highest BCUT2D eigenvalue weighted by molar-refractivity contribution is 7.99. The Balaban J connectivity index is 1.48. The van der Waals surface area contributed by atoms with Gasteiger partial charge in [-0.1, -0.05) is 65.9 Å². The summed E-state index contributed by atoms with van der Waals surface area (Å²) in [5.74, 6) is 0.694. The molecule has 0 aliphatic rings. The zero-order valence-corrected chi connectivity index (χ0v) is 23.9. The molecule has 0 fully saturated rings. The Labute approximate surface area is 236 Å². The molecule has 0 bridgehead atoms. The maximum absolute atomic E-state index is 12.9. The molecule has 0 saturated carbocycles. The molecular weight excluding hydrogens is 532 g/mol. The molecule has 2 aromatic heterocycles. The van der Waals surface area contributed by atoms with E-state index in [0.717, 1.165) is 22.4 Å². The standard InChI is InChI=1S/C29H30N4O4S2/c1-6-15-33-26(20(4)37-23-10-8-7-9-19(23)3)31-32-29(33)39-17-24(34)30-27-25(28(35)36-5)22(16-38-27)21-13-11-18(2)12-14-21/h6-14,16,20H,1,15,17H2,2-5H3,(H,30,34). The second kappa shape index (κ2) is 12.8. The van der Waals surface area contributed by atoms with Gasteiger partial charge < -0.3 is 14.8 Å². The lowest BCUT2D eigenvalue weighted by molar-refractivity contribution is -0.113. The van der Waals surface area contributed by atoms with Crippen LogP contribution in [0, 0.1) is 13.8 Å². The van der Waals surface area contributed by atoms with Crippen molar-refractivity contribution in [2.75, 3.05) is 18.2 Å². The van der Waals surface area contributed by atoms with Crippen LogP contribution in [0.1, 0.15) is 40.3 Å². The van der Waals surface area contributed by atoms with E-state index >= 15 is 0 Å². The summed E-state index contributed by atoms with van der Waals surface area (Å²) in [6.07, 6.45) is 1.38. The topological polar surface area (TPSA) is 95.3 Å². The third-order valence-electron chi connectivity index (χ3n) is 5.95. The summed E-state index contributed by atoms with van der Waals surface area (Å²) < 4.78 is 13.0. The minimum atomic E-state index is -0.507. The monoisotopic (exact) mass is 562 g/mol. The number of allylic oxidation sites excluding steroid dienone is 1. The second-order valence-corrected chi connectivity index (χ2v) is 10.6. The first-order chi connectivity index (χ1) is 18.8. The van der Waals surface area contributed by atoms with Gasteiger partial charge in [-0.3, -0.25) is 9.36 Å². The van der Waals surface area contributed by atoms with Crippen LogP contribution in [0.2, 0.25) is 0 Å². The van der Waals surface area contributed by atoms with E-state index in [9.17, 15) is 9.59 Å². The highest BCUT2D eigenvalue weighted by atomic mass is 32.2. The van der Waals surface area contributed by atoms with Gasteiger partial charge in [0.2, 0.25) is 5.91 Å². The smallest absolute Gasteiger partial charge is 0.341 e. The van der Waals surface area contributed by atoms with Gasteiger partial charge in [0.15, 0.2) is 17.1 Å². The Bertz CT molecular complexity index is 1480. The Morgan fingerprint density at radius 1 is 1.15 bits per heavy atom. The van der Waals surface area contributed by atoms with Crippen molar-refractivity contribution in [3.63, 3.8) is 0 Å². The maximum Gasteiger partial charge on any atom is 0.341 e. The summed E-state index contributed by atoms with van der Waals surface area (Å²) in [7, 11) is 1.33. The molecule has 1 atom stereocenters. The van der Waals surface area contributed by atoms with Crippen LogP contribution in [0.3, 0.4) is 0 Å². The van der Waals surface area contributed by atoms with Gasteiger partial charge in [-0.2, -0.15) is 0 Å².